The average molecular weight is 748 g/mol. The maximum Gasteiger partial charge on any atom is 0.302 e. The van der Waals surface area contributed by atoms with Crippen molar-refractivity contribution < 1.29 is 0 Å². The van der Waals surface area contributed by atoms with E-state index in [1.165, 1.54) is 27.6 Å². The van der Waals surface area contributed by atoms with E-state index in [1.54, 1.807) is 0 Å². The van der Waals surface area contributed by atoms with E-state index in [0.29, 0.717) is 0 Å². The highest BCUT2D eigenvalue weighted by molar-refractivity contribution is 6.22. The second-order valence-electron chi connectivity index (χ2n) is 15.0. The van der Waals surface area contributed by atoms with Crippen LogP contribution in [0, 0.1) is 0 Å². The van der Waals surface area contributed by atoms with Crippen molar-refractivity contribution in [2.75, 3.05) is 0 Å². The first kappa shape index (κ1) is 34.1. The Balaban J connectivity index is 0.984. The van der Waals surface area contributed by atoms with E-state index in [1.807, 2.05) is 12.4 Å². The molecule has 58 heavy (non-hydrogen) atoms. The zero-order chi connectivity index (χ0) is 38.4. The lowest BCUT2D eigenvalue weighted by molar-refractivity contribution is 0.203. The summed E-state index contributed by atoms with van der Waals surface area (Å²) >= 11 is 0. The van der Waals surface area contributed by atoms with Crippen LogP contribution in [0.2, 0.25) is 0 Å². The summed E-state index contributed by atoms with van der Waals surface area (Å²) in [6.45, 7) is 0. The van der Waals surface area contributed by atoms with Crippen molar-refractivity contribution in [3.05, 3.63) is 216 Å². The van der Waals surface area contributed by atoms with Crippen LogP contribution < -0.4 is 20.6 Å². The van der Waals surface area contributed by atoms with Crippen molar-refractivity contribution in [3.8, 4) is 39.3 Å². The first-order chi connectivity index (χ1) is 28.7. The summed E-state index contributed by atoms with van der Waals surface area (Å²) in [5, 5.41) is 13.9. The van der Waals surface area contributed by atoms with Crippen LogP contribution in [-0.2, 0) is 0 Å². The number of nitrogens with one attached hydrogen (secondary N) is 3. The van der Waals surface area contributed by atoms with Gasteiger partial charge in [0.15, 0.2) is 0 Å². The molecule has 3 heterocycles. The molecule has 6 nitrogen and oxygen atoms in total. The van der Waals surface area contributed by atoms with Gasteiger partial charge in [-0.05, 0) is 62.5 Å². The van der Waals surface area contributed by atoms with Crippen LogP contribution in [0.15, 0.2) is 188 Å². The number of hydrogen-bond donors (Lipinski definition) is 3. The van der Waals surface area contributed by atoms with Crippen LogP contribution >= 0.6 is 0 Å². The molecular formula is C52H39N6+. The van der Waals surface area contributed by atoms with E-state index in [0.717, 1.165) is 61.3 Å². The van der Waals surface area contributed by atoms with Gasteiger partial charge in [0.25, 0.3) is 0 Å². The first-order valence-corrected chi connectivity index (χ1v) is 19.8. The molecular weight excluding hydrogens is 709 g/mol. The number of rotatable bonds is 7. The van der Waals surface area contributed by atoms with E-state index in [9.17, 15) is 0 Å². The van der Waals surface area contributed by atoms with E-state index >= 15 is 0 Å². The number of aromatic nitrogens is 2. The fourth-order valence-corrected chi connectivity index (χ4v) is 8.63. The topological polar surface area (TPSA) is 68.0 Å². The zero-order valence-corrected chi connectivity index (χ0v) is 31.6. The van der Waals surface area contributed by atoms with Crippen LogP contribution in [-0.4, -0.2) is 22.0 Å². The fourth-order valence-electron chi connectivity index (χ4n) is 8.63. The molecule has 9 aromatic rings. The van der Waals surface area contributed by atoms with Crippen LogP contribution in [0.3, 0.4) is 0 Å². The summed E-state index contributed by atoms with van der Waals surface area (Å²) in [5.74, 6) is 0.901. The Bertz CT molecular complexity index is 3020. The van der Waals surface area contributed by atoms with Gasteiger partial charge in [-0.3, -0.25) is 20.5 Å². The first-order valence-electron chi connectivity index (χ1n) is 19.8. The van der Waals surface area contributed by atoms with Gasteiger partial charge in [0, 0.05) is 16.6 Å². The van der Waals surface area contributed by atoms with Crippen LogP contribution in [0.1, 0.15) is 46.3 Å². The third kappa shape index (κ3) is 6.05. The summed E-state index contributed by atoms with van der Waals surface area (Å²) in [7, 11) is 0. The second-order valence-corrected chi connectivity index (χ2v) is 15.0. The molecule has 0 bridgehead atoms. The van der Waals surface area contributed by atoms with Crippen molar-refractivity contribution in [2.24, 2.45) is 0 Å². The molecule has 0 radical (unpaired) electrons. The minimum absolute atomic E-state index is 0.0669. The highest BCUT2D eigenvalue weighted by Gasteiger charge is 2.30. The Morgan fingerprint density at radius 2 is 0.931 bits per heavy atom. The second kappa shape index (κ2) is 14.4. The number of hydrogen-bond acceptors (Lipinski definition) is 4. The van der Waals surface area contributed by atoms with Gasteiger partial charge in [0.1, 0.15) is 5.82 Å². The van der Waals surface area contributed by atoms with E-state index < -0.39 is 0 Å². The molecule has 0 saturated carbocycles. The predicted octanol–water partition coefficient (Wildman–Crippen LogP) is 10.3. The molecule has 0 aliphatic carbocycles. The smallest absolute Gasteiger partial charge is 0.291 e. The van der Waals surface area contributed by atoms with Gasteiger partial charge in [-0.15, -0.1) is 0 Å². The predicted molar refractivity (Wildman–Crippen MR) is 238 cm³/mol. The molecule has 6 heteroatoms. The summed E-state index contributed by atoms with van der Waals surface area (Å²) in [4.78, 5) is 5.39. The normalized spacial score (nSPS) is 17.2. The highest BCUT2D eigenvalue weighted by Crippen LogP contribution is 2.38. The Morgan fingerprint density at radius 3 is 1.66 bits per heavy atom. The fraction of sp³-hybridized carbons (Fsp3) is 0.0577. The van der Waals surface area contributed by atoms with E-state index in [-0.39, 0.29) is 18.5 Å². The molecule has 3 atom stereocenters. The highest BCUT2D eigenvalue weighted by atomic mass is 15.4. The largest absolute Gasteiger partial charge is 0.302 e. The Kier molecular flexibility index (Phi) is 8.46. The number of imidazole rings is 1. The number of fused-ring (bicyclic) bond motifs is 6. The van der Waals surface area contributed by atoms with Crippen molar-refractivity contribution in [2.45, 2.75) is 18.5 Å². The molecule has 8 aromatic carbocycles. The van der Waals surface area contributed by atoms with E-state index in [4.69, 9.17) is 4.98 Å². The van der Waals surface area contributed by atoms with Gasteiger partial charge in [0.05, 0.1) is 40.7 Å². The molecule has 1 saturated heterocycles. The number of benzene rings is 8. The molecule has 1 fully saturated rings. The standard InChI is InChI=1S/C52H39N6/c1-4-14-34(15-5-1)35-26-28-37(29-27-35)50-55-49(36-16-6-2-7-17-36)56-51(57-50)41-22-12-20-39(30-41)40-21-13-23-42(31-40)58-48-46-33-53-32-45(46)43-24-10-11-25-44(43)47(48)54-52(58)38-18-8-3-9-19-38/h1-33,49-51,55-57H/q+1. The van der Waals surface area contributed by atoms with Gasteiger partial charge < -0.3 is 0 Å². The van der Waals surface area contributed by atoms with Gasteiger partial charge in [-0.2, -0.15) is 0 Å². The Labute approximate surface area is 336 Å². The molecule has 0 amide bonds. The molecule has 2 aliphatic heterocycles. The third-order valence-electron chi connectivity index (χ3n) is 11.5. The van der Waals surface area contributed by atoms with Gasteiger partial charge in [-0.25, -0.2) is 4.98 Å². The lowest BCUT2D eigenvalue weighted by Gasteiger charge is -2.39. The summed E-state index contributed by atoms with van der Waals surface area (Å²) in [5.41, 5.74) is 14.6. The zero-order valence-electron chi connectivity index (χ0n) is 31.6. The van der Waals surface area contributed by atoms with Gasteiger partial charge in [-0.1, -0.05) is 175 Å². The Hall–Kier alpha value is -7.18. The minimum atomic E-state index is -0.123. The molecule has 3 unspecified atom stereocenters. The molecule has 0 spiro atoms. The van der Waals surface area contributed by atoms with Crippen molar-refractivity contribution in [1.29, 1.82) is 0 Å². The van der Waals surface area contributed by atoms with Gasteiger partial charge >= 0.3 is 12.4 Å². The van der Waals surface area contributed by atoms with Crippen LogP contribution in [0.5, 0.6) is 0 Å². The molecule has 11 rings (SSSR count). The molecule has 276 valence electrons. The van der Waals surface area contributed by atoms with Gasteiger partial charge in [0.2, 0.25) is 0 Å². The van der Waals surface area contributed by atoms with Crippen molar-refractivity contribution in [3.63, 3.8) is 0 Å². The average Bonchev–Trinajstić information content (AvgIpc) is 3.97. The monoisotopic (exact) mass is 747 g/mol. The lowest BCUT2D eigenvalue weighted by Crippen LogP contribution is -2.54. The van der Waals surface area contributed by atoms with Crippen LogP contribution in [0.4, 0.5) is 0 Å². The van der Waals surface area contributed by atoms with E-state index in [2.05, 4.69) is 213 Å². The van der Waals surface area contributed by atoms with Crippen molar-refractivity contribution >= 4 is 34.2 Å². The molecule has 1 aromatic heterocycles. The molecule has 3 N–H and O–H groups in total. The maximum absolute atomic E-state index is 5.39. The molecule has 2 aliphatic rings. The summed E-state index contributed by atoms with van der Waals surface area (Å²) < 4.78 is 6.97. The minimum Gasteiger partial charge on any atom is -0.291 e. The maximum atomic E-state index is 5.39. The Morgan fingerprint density at radius 1 is 0.414 bits per heavy atom. The quantitative estimate of drug-likeness (QED) is 0.142. The SMILES string of the molecule is C1=[N+]=Cc2c1c1ccccc1c1nc(-c3ccccc3)n(-c3cccc(-c4cccc(C5NC(c6ccccc6)NC(c6ccc(-c7ccccc7)cc6)N5)c4)c3)c21. The lowest BCUT2D eigenvalue weighted by atomic mass is 9.98. The van der Waals surface area contributed by atoms with Crippen LogP contribution in [0.25, 0.3) is 61.1 Å². The summed E-state index contributed by atoms with van der Waals surface area (Å²) in [6.07, 6.45) is 3.69. The van der Waals surface area contributed by atoms with Crippen molar-refractivity contribution in [1.82, 2.24) is 30.2 Å². The number of nitrogens with zero attached hydrogens (tertiary/aromatic N) is 3. The summed E-state index contributed by atoms with van der Waals surface area (Å²) in [6, 6.07) is 66.8. The third-order valence-corrected chi connectivity index (χ3v) is 11.5.